The molecule has 0 fully saturated rings. The smallest absolute Gasteiger partial charge is 0.212 e. The molecule has 5 nitrogen and oxygen atoms in total. The number of rotatable bonds is 5. The van der Waals surface area contributed by atoms with E-state index in [0.29, 0.717) is 13.2 Å². The quantitative estimate of drug-likeness (QED) is 0.783. The van der Waals surface area contributed by atoms with Gasteiger partial charge in [0.1, 0.15) is 10.8 Å². The summed E-state index contributed by atoms with van der Waals surface area (Å²) < 4.78 is 7.26. The highest BCUT2D eigenvalue weighted by Gasteiger charge is 2.09. The molecule has 21 heavy (non-hydrogen) atoms. The third-order valence-electron chi connectivity index (χ3n) is 2.90. The largest absolute Gasteiger partial charge is 0.494 e. The fourth-order valence-corrected chi connectivity index (χ4v) is 2.88. The second-order valence-corrected chi connectivity index (χ2v) is 5.39. The molecule has 2 heterocycles. The van der Waals surface area contributed by atoms with Crippen LogP contribution in [0.1, 0.15) is 11.9 Å². The minimum absolute atomic E-state index is 0. The van der Waals surface area contributed by atoms with Gasteiger partial charge in [-0.25, -0.2) is 9.50 Å². The normalized spacial score (nSPS) is 10.6. The average Bonchev–Trinajstić information content (AvgIpc) is 2.98. The third-order valence-corrected chi connectivity index (χ3v) is 3.89. The highest BCUT2D eigenvalue weighted by Crippen LogP contribution is 2.24. The lowest BCUT2D eigenvalue weighted by atomic mass is 10.2. The van der Waals surface area contributed by atoms with Gasteiger partial charge in [-0.1, -0.05) is 11.3 Å². The van der Waals surface area contributed by atoms with Crippen molar-refractivity contribution in [3.63, 3.8) is 0 Å². The standard InChI is InChI=1S/C14H16N4OS.ClH/c1-2-19-11-5-3-10(4-6-11)12-9-18-14(16-12)20-13(17-18)7-8-15;/h3-6,9H,2,7-8,15H2,1H3;1H. The zero-order valence-corrected chi connectivity index (χ0v) is 13.3. The van der Waals surface area contributed by atoms with E-state index in [1.54, 1.807) is 11.3 Å². The van der Waals surface area contributed by atoms with E-state index in [1.165, 1.54) is 0 Å². The molecular formula is C14H17ClN4OS. The Kier molecular flexibility index (Phi) is 5.17. The fraction of sp³-hybridized carbons (Fsp3) is 0.286. The second-order valence-electron chi connectivity index (χ2n) is 4.35. The Morgan fingerprint density at radius 3 is 2.67 bits per heavy atom. The third kappa shape index (κ3) is 3.34. The van der Waals surface area contributed by atoms with Crippen LogP contribution in [0.4, 0.5) is 0 Å². The summed E-state index contributed by atoms with van der Waals surface area (Å²) in [4.78, 5) is 5.50. The van der Waals surface area contributed by atoms with Gasteiger partial charge in [0, 0.05) is 12.0 Å². The molecule has 0 unspecified atom stereocenters. The highest BCUT2D eigenvalue weighted by atomic mass is 35.5. The molecule has 0 bridgehead atoms. The van der Waals surface area contributed by atoms with Crippen LogP contribution in [0.15, 0.2) is 30.5 Å². The van der Waals surface area contributed by atoms with Crippen molar-refractivity contribution in [3.05, 3.63) is 35.5 Å². The first kappa shape index (κ1) is 15.8. The van der Waals surface area contributed by atoms with Gasteiger partial charge in [-0.2, -0.15) is 5.10 Å². The van der Waals surface area contributed by atoms with Crippen molar-refractivity contribution in [2.24, 2.45) is 5.73 Å². The first-order chi connectivity index (χ1) is 9.80. The Hall–Kier alpha value is -1.63. The van der Waals surface area contributed by atoms with E-state index in [4.69, 9.17) is 10.5 Å². The molecule has 112 valence electrons. The van der Waals surface area contributed by atoms with Crippen molar-refractivity contribution in [1.29, 1.82) is 0 Å². The summed E-state index contributed by atoms with van der Waals surface area (Å²) in [5.41, 5.74) is 7.52. The molecule has 0 atom stereocenters. The number of hydrogen-bond donors (Lipinski definition) is 1. The number of halogens is 1. The lowest BCUT2D eigenvalue weighted by Crippen LogP contribution is -2.02. The van der Waals surface area contributed by atoms with Gasteiger partial charge in [0.05, 0.1) is 18.5 Å². The molecule has 0 amide bonds. The number of imidazole rings is 1. The van der Waals surface area contributed by atoms with E-state index < -0.39 is 0 Å². The van der Waals surface area contributed by atoms with Gasteiger partial charge in [-0.05, 0) is 37.7 Å². The number of nitrogens with zero attached hydrogens (tertiary/aromatic N) is 3. The van der Waals surface area contributed by atoms with Crippen LogP contribution >= 0.6 is 23.7 Å². The number of ether oxygens (including phenoxy) is 1. The van der Waals surface area contributed by atoms with E-state index >= 15 is 0 Å². The predicted octanol–water partition coefficient (Wildman–Crippen LogP) is 2.78. The average molecular weight is 325 g/mol. The minimum atomic E-state index is 0. The van der Waals surface area contributed by atoms with Crippen LogP contribution in [-0.4, -0.2) is 27.7 Å². The molecule has 0 saturated carbocycles. The monoisotopic (exact) mass is 324 g/mol. The molecule has 2 N–H and O–H groups in total. The van der Waals surface area contributed by atoms with Gasteiger partial charge in [0.2, 0.25) is 4.96 Å². The molecule has 0 aliphatic heterocycles. The molecular weight excluding hydrogens is 308 g/mol. The molecule has 0 saturated heterocycles. The summed E-state index contributed by atoms with van der Waals surface area (Å²) in [6, 6.07) is 7.94. The summed E-state index contributed by atoms with van der Waals surface area (Å²) in [6.07, 6.45) is 2.74. The van der Waals surface area contributed by atoms with Crippen LogP contribution in [0.25, 0.3) is 16.2 Å². The van der Waals surface area contributed by atoms with Gasteiger partial charge < -0.3 is 10.5 Å². The zero-order valence-electron chi connectivity index (χ0n) is 11.7. The van der Waals surface area contributed by atoms with Crippen LogP contribution < -0.4 is 10.5 Å². The summed E-state index contributed by atoms with van der Waals surface area (Å²) in [7, 11) is 0. The maximum atomic E-state index is 5.54. The minimum Gasteiger partial charge on any atom is -0.494 e. The first-order valence-corrected chi connectivity index (χ1v) is 7.40. The second kappa shape index (κ2) is 6.89. The van der Waals surface area contributed by atoms with E-state index in [-0.39, 0.29) is 12.4 Å². The number of nitrogens with two attached hydrogens (primary N) is 1. The molecule has 7 heteroatoms. The van der Waals surface area contributed by atoms with E-state index in [9.17, 15) is 0 Å². The zero-order chi connectivity index (χ0) is 13.9. The van der Waals surface area contributed by atoms with Crippen LogP contribution in [0.5, 0.6) is 5.75 Å². The Bertz CT molecular complexity index is 676. The SMILES string of the molecule is CCOc1ccc(-c2cn3nc(CCN)sc3n2)cc1.Cl. The Morgan fingerprint density at radius 2 is 2.05 bits per heavy atom. The Morgan fingerprint density at radius 1 is 1.29 bits per heavy atom. The summed E-state index contributed by atoms with van der Waals surface area (Å²) in [6.45, 7) is 3.26. The van der Waals surface area contributed by atoms with Gasteiger partial charge in [0.15, 0.2) is 0 Å². The molecule has 3 rings (SSSR count). The van der Waals surface area contributed by atoms with Crippen molar-refractivity contribution in [2.75, 3.05) is 13.2 Å². The number of benzene rings is 1. The van der Waals surface area contributed by atoms with Gasteiger partial charge in [0.25, 0.3) is 0 Å². The summed E-state index contributed by atoms with van der Waals surface area (Å²) in [5, 5.41) is 5.49. The number of aromatic nitrogens is 3. The van der Waals surface area contributed by atoms with Crippen LogP contribution in [0, 0.1) is 0 Å². The number of hydrogen-bond acceptors (Lipinski definition) is 5. The summed E-state index contributed by atoms with van der Waals surface area (Å²) >= 11 is 1.58. The lowest BCUT2D eigenvalue weighted by molar-refractivity contribution is 0.340. The molecule has 3 aromatic rings. The van der Waals surface area contributed by atoms with Crippen molar-refractivity contribution in [2.45, 2.75) is 13.3 Å². The molecule has 0 aliphatic rings. The maximum Gasteiger partial charge on any atom is 0.212 e. The molecule has 1 aromatic carbocycles. The van der Waals surface area contributed by atoms with Crippen molar-refractivity contribution >= 4 is 28.7 Å². The Balaban J connectivity index is 0.00000161. The topological polar surface area (TPSA) is 65.4 Å². The summed E-state index contributed by atoms with van der Waals surface area (Å²) in [5.74, 6) is 0.876. The first-order valence-electron chi connectivity index (χ1n) is 6.58. The molecule has 0 spiro atoms. The highest BCUT2D eigenvalue weighted by molar-refractivity contribution is 7.16. The lowest BCUT2D eigenvalue weighted by Gasteiger charge is -2.02. The van der Waals surface area contributed by atoms with E-state index in [2.05, 4.69) is 10.1 Å². The molecule has 0 aliphatic carbocycles. The van der Waals surface area contributed by atoms with E-state index in [1.807, 2.05) is 41.9 Å². The maximum absolute atomic E-state index is 5.54. The van der Waals surface area contributed by atoms with Crippen LogP contribution in [0.3, 0.4) is 0 Å². The van der Waals surface area contributed by atoms with Crippen molar-refractivity contribution in [1.82, 2.24) is 14.6 Å². The van der Waals surface area contributed by atoms with Crippen molar-refractivity contribution < 1.29 is 4.74 Å². The molecule has 0 radical (unpaired) electrons. The van der Waals surface area contributed by atoms with Crippen LogP contribution in [0.2, 0.25) is 0 Å². The Labute approximate surface area is 133 Å². The van der Waals surface area contributed by atoms with Crippen LogP contribution in [-0.2, 0) is 6.42 Å². The fourth-order valence-electron chi connectivity index (χ4n) is 1.99. The number of fused-ring (bicyclic) bond motifs is 1. The van der Waals surface area contributed by atoms with Gasteiger partial charge in [-0.15, -0.1) is 12.4 Å². The predicted molar refractivity (Wildman–Crippen MR) is 87.5 cm³/mol. The van der Waals surface area contributed by atoms with Gasteiger partial charge in [-0.3, -0.25) is 0 Å². The van der Waals surface area contributed by atoms with Gasteiger partial charge >= 0.3 is 0 Å². The van der Waals surface area contributed by atoms with Crippen molar-refractivity contribution in [3.8, 4) is 17.0 Å². The van der Waals surface area contributed by atoms with E-state index in [0.717, 1.165) is 33.4 Å². The molecule has 2 aromatic heterocycles.